The van der Waals surface area contributed by atoms with E-state index in [0.29, 0.717) is 25.6 Å². The summed E-state index contributed by atoms with van der Waals surface area (Å²) < 4.78 is 5.41. The predicted molar refractivity (Wildman–Crippen MR) is 57.8 cm³/mol. The minimum atomic E-state index is -0.961. The van der Waals surface area contributed by atoms with E-state index in [1.807, 2.05) is 4.90 Å². The maximum Gasteiger partial charge on any atom is 0.251 e. The topological polar surface area (TPSA) is 81.3 Å². The zero-order valence-corrected chi connectivity index (χ0v) is 9.09. The van der Waals surface area contributed by atoms with Crippen molar-refractivity contribution in [1.82, 2.24) is 9.97 Å². The highest BCUT2D eigenvalue weighted by atomic mass is 16.5. The van der Waals surface area contributed by atoms with Crippen molar-refractivity contribution in [3.8, 4) is 0 Å². The SMILES string of the molecule is C[C@]1(C(N)=O)CN(c2ncccn2)CCO1. The van der Waals surface area contributed by atoms with Gasteiger partial charge in [-0.05, 0) is 13.0 Å². The minimum absolute atomic E-state index is 0.381. The Labute approximate surface area is 93.4 Å². The van der Waals surface area contributed by atoms with Crippen LogP contribution in [0.3, 0.4) is 0 Å². The van der Waals surface area contributed by atoms with Crippen LogP contribution in [-0.2, 0) is 9.53 Å². The average molecular weight is 222 g/mol. The Morgan fingerprint density at radius 2 is 2.25 bits per heavy atom. The largest absolute Gasteiger partial charge is 0.367 e. The van der Waals surface area contributed by atoms with Crippen molar-refractivity contribution in [2.75, 3.05) is 24.6 Å². The quantitative estimate of drug-likeness (QED) is 0.733. The van der Waals surface area contributed by atoms with Gasteiger partial charge in [-0.1, -0.05) is 0 Å². The molecule has 1 amide bonds. The second-order valence-electron chi connectivity index (χ2n) is 3.91. The van der Waals surface area contributed by atoms with Gasteiger partial charge in [0, 0.05) is 18.9 Å². The maximum absolute atomic E-state index is 11.3. The van der Waals surface area contributed by atoms with Gasteiger partial charge in [0.2, 0.25) is 5.95 Å². The van der Waals surface area contributed by atoms with Crippen LogP contribution in [0.1, 0.15) is 6.92 Å². The molecule has 2 N–H and O–H groups in total. The number of carbonyl (C=O) groups is 1. The van der Waals surface area contributed by atoms with Gasteiger partial charge >= 0.3 is 0 Å². The highest BCUT2D eigenvalue weighted by Crippen LogP contribution is 2.19. The lowest BCUT2D eigenvalue weighted by Crippen LogP contribution is -2.57. The molecule has 86 valence electrons. The third-order valence-corrected chi connectivity index (χ3v) is 2.63. The van der Waals surface area contributed by atoms with Crippen molar-refractivity contribution in [2.45, 2.75) is 12.5 Å². The normalized spacial score (nSPS) is 25.4. The molecule has 6 heteroatoms. The molecule has 0 saturated carbocycles. The van der Waals surface area contributed by atoms with Crippen molar-refractivity contribution in [3.05, 3.63) is 18.5 Å². The molecule has 0 radical (unpaired) electrons. The molecule has 0 aliphatic carbocycles. The van der Waals surface area contributed by atoms with Gasteiger partial charge in [0.05, 0.1) is 13.2 Å². The Bertz CT molecular complexity index is 384. The monoisotopic (exact) mass is 222 g/mol. The van der Waals surface area contributed by atoms with Crippen LogP contribution in [0.25, 0.3) is 0 Å². The third kappa shape index (κ3) is 1.96. The van der Waals surface area contributed by atoms with Gasteiger partial charge in [-0.15, -0.1) is 0 Å². The molecule has 1 aliphatic heterocycles. The summed E-state index contributed by atoms with van der Waals surface area (Å²) in [6.45, 7) is 3.17. The highest BCUT2D eigenvalue weighted by Gasteiger charge is 2.38. The fourth-order valence-corrected chi connectivity index (χ4v) is 1.64. The summed E-state index contributed by atoms with van der Waals surface area (Å²) in [5, 5.41) is 0. The molecule has 2 rings (SSSR count). The van der Waals surface area contributed by atoms with Crippen LogP contribution < -0.4 is 10.6 Å². The lowest BCUT2D eigenvalue weighted by atomic mass is 10.0. The number of aromatic nitrogens is 2. The number of primary amides is 1. The summed E-state index contributed by atoms with van der Waals surface area (Å²) in [7, 11) is 0. The molecule has 1 aromatic rings. The number of hydrogen-bond donors (Lipinski definition) is 1. The Hall–Kier alpha value is -1.69. The first-order chi connectivity index (χ1) is 7.62. The number of carbonyl (C=O) groups excluding carboxylic acids is 1. The molecule has 0 aromatic carbocycles. The van der Waals surface area contributed by atoms with E-state index in [0.717, 1.165) is 0 Å². The van der Waals surface area contributed by atoms with Crippen molar-refractivity contribution >= 4 is 11.9 Å². The highest BCUT2D eigenvalue weighted by molar-refractivity contribution is 5.84. The molecule has 16 heavy (non-hydrogen) atoms. The van der Waals surface area contributed by atoms with E-state index in [1.54, 1.807) is 25.4 Å². The van der Waals surface area contributed by atoms with Crippen molar-refractivity contribution in [1.29, 1.82) is 0 Å². The van der Waals surface area contributed by atoms with E-state index < -0.39 is 11.5 Å². The number of amides is 1. The number of morpholine rings is 1. The Balaban J connectivity index is 2.17. The molecule has 1 atom stereocenters. The van der Waals surface area contributed by atoms with Gasteiger partial charge in [0.25, 0.3) is 5.91 Å². The second kappa shape index (κ2) is 4.05. The number of anilines is 1. The van der Waals surface area contributed by atoms with E-state index >= 15 is 0 Å². The van der Waals surface area contributed by atoms with Crippen LogP contribution in [0.15, 0.2) is 18.5 Å². The van der Waals surface area contributed by atoms with Gasteiger partial charge in [-0.2, -0.15) is 0 Å². The average Bonchev–Trinajstić information content (AvgIpc) is 2.30. The fourth-order valence-electron chi connectivity index (χ4n) is 1.64. The fraction of sp³-hybridized carbons (Fsp3) is 0.500. The number of nitrogens with zero attached hydrogens (tertiary/aromatic N) is 3. The van der Waals surface area contributed by atoms with Gasteiger partial charge in [-0.3, -0.25) is 4.79 Å². The summed E-state index contributed by atoms with van der Waals surface area (Å²) >= 11 is 0. The van der Waals surface area contributed by atoms with Crippen molar-refractivity contribution in [2.24, 2.45) is 5.73 Å². The summed E-state index contributed by atoms with van der Waals surface area (Å²) in [5.41, 5.74) is 4.35. The molecule has 2 heterocycles. The molecular weight excluding hydrogens is 208 g/mol. The predicted octanol–water partition coefficient (Wildman–Crippen LogP) is -0.443. The lowest BCUT2D eigenvalue weighted by molar-refractivity contribution is -0.142. The first-order valence-electron chi connectivity index (χ1n) is 5.08. The van der Waals surface area contributed by atoms with Crippen molar-refractivity contribution < 1.29 is 9.53 Å². The molecular formula is C10H14N4O2. The van der Waals surface area contributed by atoms with Crippen LogP contribution in [0.2, 0.25) is 0 Å². The molecule has 1 saturated heterocycles. The molecule has 0 spiro atoms. The van der Waals surface area contributed by atoms with Crippen molar-refractivity contribution in [3.63, 3.8) is 0 Å². The van der Waals surface area contributed by atoms with Crippen LogP contribution in [0.4, 0.5) is 5.95 Å². The number of rotatable bonds is 2. The number of nitrogens with two attached hydrogens (primary N) is 1. The van der Waals surface area contributed by atoms with Gasteiger partial charge in [0.15, 0.2) is 5.60 Å². The first-order valence-corrected chi connectivity index (χ1v) is 5.08. The number of ether oxygens (including phenoxy) is 1. The summed E-state index contributed by atoms with van der Waals surface area (Å²) in [6.07, 6.45) is 3.33. The van der Waals surface area contributed by atoms with E-state index in [2.05, 4.69) is 9.97 Å². The summed E-state index contributed by atoms with van der Waals surface area (Å²) in [4.78, 5) is 21.4. The lowest BCUT2D eigenvalue weighted by Gasteiger charge is -2.38. The zero-order chi connectivity index (χ0) is 11.6. The molecule has 1 aliphatic rings. The van der Waals surface area contributed by atoms with Crippen LogP contribution in [0, 0.1) is 0 Å². The van der Waals surface area contributed by atoms with E-state index in [4.69, 9.17) is 10.5 Å². The second-order valence-corrected chi connectivity index (χ2v) is 3.91. The van der Waals surface area contributed by atoms with Gasteiger partial charge in [-0.25, -0.2) is 9.97 Å². The first kappa shape index (κ1) is 10.8. The maximum atomic E-state index is 11.3. The third-order valence-electron chi connectivity index (χ3n) is 2.63. The Morgan fingerprint density at radius 1 is 1.56 bits per heavy atom. The van der Waals surface area contributed by atoms with Gasteiger partial charge in [0.1, 0.15) is 0 Å². The van der Waals surface area contributed by atoms with Crippen LogP contribution in [-0.4, -0.2) is 41.2 Å². The van der Waals surface area contributed by atoms with Crippen LogP contribution >= 0.6 is 0 Å². The van der Waals surface area contributed by atoms with E-state index in [9.17, 15) is 4.79 Å². The summed E-state index contributed by atoms with van der Waals surface area (Å²) in [6, 6.07) is 1.75. The minimum Gasteiger partial charge on any atom is -0.367 e. The van der Waals surface area contributed by atoms with E-state index in [1.165, 1.54) is 0 Å². The standard InChI is InChI=1S/C10H14N4O2/c1-10(8(11)15)7-14(5-6-16-10)9-12-3-2-4-13-9/h2-4H,5-7H2,1H3,(H2,11,15)/t10-/m1/s1. The molecule has 1 aromatic heterocycles. The number of hydrogen-bond acceptors (Lipinski definition) is 5. The zero-order valence-electron chi connectivity index (χ0n) is 9.09. The van der Waals surface area contributed by atoms with Gasteiger partial charge < -0.3 is 15.4 Å². The molecule has 0 unspecified atom stereocenters. The van der Waals surface area contributed by atoms with E-state index in [-0.39, 0.29) is 0 Å². The smallest absolute Gasteiger partial charge is 0.251 e. The molecule has 0 bridgehead atoms. The summed E-state index contributed by atoms with van der Waals surface area (Å²) in [5.74, 6) is 0.131. The van der Waals surface area contributed by atoms with Crippen LogP contribution in [0.5, 0.6) is 0 Å². The Kier molecular flexibility index (Phi) is 2.74. The molecule has 6 nitrogen and oxygen atoms in total. The Morgan fingerprint density at radius 3 is 2.88 bits per heavy atom. The molecule has 1 fully saturated rings.